The van der Waals surface area contributed by atoms with Crippen molar-refractivity contribution in [3.05, 3.63) is 35.4 Å². The smallest absolute Gasteiger partial charge is 0.215 e. The third-order valence-corrected chi connectivity index (χ3v) is 5.85. The van der Waals surface area contributed by atoms with Gasteiger partial charge in [-0.25, -0.2) is 21.6 Å². The fourth-order valence-electron chi connectivity index (χ4n) is 1.54. The lowest BCUT2D eigenvalue weighted by Gasteiger charge is -2.07. The van der Waals surface area contributed by atoms with E-state index in [4.69, 9.17) is 5.73 Å². The highest BCUT2D eigenvalue weighted by atomic mass is 32.2. The summed E-state index contributed by atoms with van der Waals surface area (Å²) < 4.78 is 48.4. The highest BCUT2D eigenvalue weighted by Crippen LogP contribution is 2.07. The van der Waals surface area contributed by atoms with Crippen LogP contribution in [0.2, 0.25) is 0 Å². The monoisotopic (exact) mass is 320 g/mol. The zero-order chi connectivity index (χ0) is 15.2. The van der Waals surface area contributed by atoms with Gasteiger partial charge in [-0.2, -0.15) is 0 Å². The van der Waals surface area contributed by atoms with Gasteiger partial charge in [0, 0.05) is 18.8 Å². The van der Waals surface area contributed by atoms with Crippen LogP contribution in [-0.4, -0.2) is 34.9 Å². The van der Waals surface area contributed by atoms with Gasteiger partial charge in [-0.3, -0.25) is 0 Å². The number of sulfonamides is 1. The van der Waals surface area contributed by atoms with E-state index in [2.05, 4.69) is 4.72 Å². The Kier molecular flexibility index (Phi) is 6.12. The lowest BCUT2D eigenvalue weighted by molar-refractivity contribution is 0.580. The molecule has 8 heteroatoms. The summed E-state index contributed by atoms with van der Waals surface area (Å²) in [5.41, 5.74) is 7.02. The fourth-order valence-corrected chi connectivity index (χ4v) is 3.52. The van der Waals surface area contributed by atoms with Crippen molar-refractivity contribution in [2.75, 3.05) is 18.1 Å². The highest BCUT2D eigenvalue weighted by Gasteiger charge is 2.13. The van der Waals surface area contributed by atoms with Crippen molar-refractivity contribution in [3.63, 3.8) is 0 Å². The maximum absolute atomic E-state index is 11.8. The van der Waals surface area contributed by atoms with Crippen LogP contribution in [0.15, 0.2) is 24.3 Å². The van der Waals surface area contributed by atoms with Gasteiger partial charge in [0.25, 0.3) is 0 Å². The van der Waals surface area contributed by atoms with Crippen LogP contribution in [-0.2, 0) is 32.2 Å². The Labute approximate surface area is 120 Å². The number of nitrogens with two attached hydrogens (primary N) is 1. The first-order chi connectivity index (χ1) is 9.28. The molecule has 0 aliphatic carbocycles. The van der Waals surface area contributed by atoms with Crippen molar-refractivity contribution in [2.45, 2.75) is 19.2 Å². The molecule has 1 aromatic carbocycles. The van der Waals surface area contributed by atoms with Crippen molar-refractivity contribution in [3.8, 4) is 0 Å². The summed E-state index contributed by atoms with van der Waals surface area (Å²) in [5, 5.41) is 0. The Morgan fingerprint density at radius 3 is 2.10 bits per heavy atom. The molecule has 1 aromatic rings. The SMILES string of the molecule is CCS(=O)(=O)CCNS(=O)(=O)Cc1ccc(CN)cc1. The highest BCUT2D eigenvalue weighted by molar-refractivity contribution is 7.91. The molecule has 0 aliphatic heterocycles. The van der Waals surface area contributed by atoms with E-state index >= 15 is 0 Å². The van der Waals surface area contributed by atoms with Crippen LogP contribution in [0, 0.1) is 0 Å². The Morgan fingerprint density at radius 2 is 1.60 bits per heavy atom. The molecule has 0 spiro atoms. The second kappa shape index (κ2) is 7.16. The first-order valence-electron chi connectivity index (χ1n) is 6.23. The largest absolute Gasteiger partial charge is 0.326 e. The second-order valence-corrected chi connectivity index (χ2v) is 8.69. The zero-order valence-corrected chi connectivity index (χ0v) is 13.0. The first-order valence-corrected chi connectivity index (χ1v) is 9.71. The number of nitrogens with one attached hydrogen (secondary N) is 1. The molecule has 0 fully saturated rings. The molecule has 1 rings (SSSR count). The molecule has 0 saturated carbocycles. The van der Waals surface area contributed by atoms with E-state index in [0.717, 1.165) is 5.56 Å². The quantitative estimate of drug-likeness (QED) is 0.701. The summed E-state index contributed by atoms with van der Waals surface area (Å²) in [4.78, 5) is 0. The number of hydrogen-bond acceptors (Lipinski definition) is 5. The molecule has 0 aromatic heterocycles. The number of sulfone groups is 1. The lowest BCUT2D eigenvalue weighted by atomic mass is 10.1. The van der Waals surface area contributed by atoms with E-state index in [1.54, 1.807) is 24.3 Å². The van der Waals surface area contributed by atoms with Crippen LogP contribution in [0.4, 0.5) is 0 Å². The van der Waals surface area contributed by atoms with Gasteiger partial charge in [-0.1, -0.05) is 31.2 Å². The lowest BCUT2D eigenvalue weighted by Crippen LogP contribution is -2.30. The summed E-state index contributed by atoms with van der Waals surface area (Å²) in [6.07, 6.45) is 0. The molecule has 6 nitrogen and oxygen atoms in total. The fraction of sp³-hybridized carbons (Fsp3) is 0.500. The van der Waals surface area contributed by atoms with E-state index < -0.39 is 19.9 Å². The van der Waals surface area contributed by atoms with Gasteiger partial charge in [0.15, 0.2) is 9.84 Å². The van der Waals surface area contributed by atoms with E-state index in [0.29, 0.717) is 12.1 Å². The minimum Gasteiger partial charge on any atom is -0.326 e. The molecular formula is C12H20N2O4S2. The molecule has 0 amide bonds. The van der Waals surface area contributed by atoms with Gasteiger partial charge in [0.05, 0.1) is 11.5 Å². The van der Waals surface area contributed by atoms with Crippen LogP contribution in [0.3, 0.4) is 0 Å². The van der Waals surface area contributed by atoms with Crippen molar-refractivity contribution in [1.82, 2.24) is 4.72 Å². The predicted molar refractivity (Wildman–Crippen MR) is 79.3 cm³/mol. The minimum atomic E-state index is -3.53. The van der Waals surface area contributed by atoms with Crippen molar-refractivity contribution < 1.29 is 16.8 Å². The van der Waals surface area contributed by atoms with E-state index in [1.165, 1.54) is 6.92 Å². The standard InChI is InChI=1S/C12H20N2O4S2/c1-2-19(15,16)8-7-14-20(17,18)10-12-5-3-11(9-13)4-6-12/h3-6,14H,2,7-10,13H2,1H3. The molecule has 3 N–H and O–H groups in total. The molecule has 0 heterocycles. The van der Waals surface area contributed by atoms with Gasteiger partial charge in [0.1, 0.15) is 0 Å². The Bertz CT molecular complexity index is 622. The Hall–Kier alpha value is -0.960. The molecule has 0 bridgehead atoms. The Morgan fingerprint density at radius 1 is 1.05 bits per heavy atom. The molecular weight excluding hydrogens is 300 g/mol. The van der Waals surface area contributed by atoms with E-state index in [1.807, 2.05) is 0 Å². The molecule has 0 saturated heterocycles. The van der Waals surface area contributed by atoms with Crippen molar-refractivity contribution >= 4 is 19.9 Å². The van der Waals surface area contributed by atoms with Gasteiger partial charge >= 0.3 is 0 Å². The van der Waals surface area contributed by atoms with Gasteiger partial charge < -0.3 is 5.73 Å². The third-order valence-electron chi connectivity index (χ3n) is 2.79. The first kappa shape index (κ1) is 17.1. The maximum atomic E-state index is 11.8. The zero-order valence-electron chi connectivity index (χ0n) is 11.4. The topological polar surface area (TPSA) is 106 Å². The van der Waals surface area contributed by atoms with Gasteiger partial charge in [-0.05, 0) is 11.1 Å². The summed E-state index contributed by atoms with van der Waals surface area (Å²) in [6.45, 7) is 1.84. The summed E-state index contributed by atoms with van der Waals surface area (Å²) in [7, 11) is -6.70. The van der Waals surface area contributed by atoms with Crippen LogP contribution in [0.5, 0.6) is 0 Å². The van der Waals surface area contributed by atoms with E-state index in [-0.39, 0.29) is 23.8 Å². The second-order valence-electron chi connectivity index (χ2n) is 4.41. The van der Waals surface area contributed by atoms with Crippen molar-refractivity contribution in [2.24, 2.45) is 5.73 Å². The van der Waals surface area contributed by atoms with Crippen LogP contribution >= 0.6 is 0 Å². The molecule has 114 valence electrons. The van der Waals surface area contributed by atoms with Crippen LogP contribution in [0.25, 0.3) is 0 Å². The number of hydrogen-bond donors (Lipinski definition) is 2. The summed E-state index contributed by atoms with van der Waals surface area (Å²) in [5.74, 6) is -0.353. The molecule has 20 heavy (non-hydrogen) atoms. The normalized spacial score (nSPS) is 12.5. The minimum absolute atomic E-state index is 0.00920. The molecule has 0 radical (unpaired) electrons. The van der Waals surface area contributed by atoms with Crippen LogP contribution < -0.4 is 10.5 Å². The van der Waals surface area contributed by atoms with Crippen LogP contribution in [0.1, 0.15) is 18.1 Å². The number of rotatable bonds is 8. The summed E-state index contributed by atoms with van der Waals surface area (Å²) in [6, 6.07) is 6.94. The molecule has 0 atom stereocenters. The summed E-state index contributed by atoms with van der Waals surface area (Å²) >= 11 is 0. The van der Waals surface area contributed by atoms with Gasteiger partial charge in [-0.15, -0.1) is 0 Å². The molecule has 0 aliphatic rings. The third kappa shape index (κ3) is 6.00. The number of benzene rings is 1. The predicted octanol–water partition coefficient (Wildman–Crippen LogP) is -0.000600. The van der Waals surface area contributed by atoms with E-state index in [9.17, 15) is 16.8 Å². The Balaban J connectivity index is 2.56. The average Bonchev–Trinajstić information content (AvgIpc) is 2.38. The van der Waals surface area contributed by atoms with Crippen molar-refractivity contribution in [1.29, 1.82) is 0 Å². The average molecular weight is 320 g/mol. The molecule has 0 unspecified atom stereocenters. The van der Waals surface area contributed by atoms with Gasteiger partial charge in [0.2, 0.25) is 10.0 Å². The maximum Gasteiger partial charge on any atom is 0.215 e.